The van der Waals surface area contributed by atoms with Crippen molar-refractivity contribution in [3.05, 3.63) is 59.7 Å². The molecule has 0 aliphatic carbocycles. The molecular weight excluding hydrogens is 284 g/mol. The van der Waals surface area contributed by atoms with Gasteiger partial charge in [0.15, 0.2) is 0 Å². The molecule has 0 aromatic heterocycles. The van der Waals surface area contributed by atoms with E-state index in [4.69, 9.17) is 0 Å². The van der Waals surface area contributed by atoms with Crippen molar-refractivity contribution in [1.29, 1.82) is 0 Å². The minimum Gasteiger partial charge on any atom is -0.316 e. The minimum absolute atomic E-state index is 0.286. The lowest BCUT2D eigenvalue weighted by Crippen LogP contribution is -2.15. The largest absolute Gasteiger partial charge is 0.316 e. The molecule has 2 rings (SSSR count). The average molecular weight is 304 g/mol. The van der Waals surface area contributed by atoms with E-state index in [1.165, 1.54) is 0 Å². The molecular formula is C16H20N2O2S. The molecule has 2 N–H and O–H groups in total. The predicted molar refractivity (Wildman–Crippen MR) is 85.8 cm³/mol. The third kappa shape index (κ3) is 3.83. The van der Waals surface area contributed by atoms with Crippen LogP contribution in [0.5, 0.6) is 0 Å². The van der Waals surface area contributed by atoms with Crippen LogP contribution in [0.3, 0.4) is 0 Å². The number of hydrogen-bond acceptors (Lipinski definition) is 3. The zero-order valence-electron chi connectivity index (χ0n) is 12.3. The Labute approximate surface area is 126 Å². The molecule has 0 bridgehead atoms. The van der Waals surface area contributed by atoms with Crippen LogP contribution in [-0.2, 0) is 23.0 Å². The third-order valence-electron chi connectivity index (χ3n) is 3.26. The fourth-order valence-electron chi connectivity index (χ4n) is 2.19. The van der Waals surface area contributed by atoms with Gasteiger partial charge in [0.05, 0.1) is 4.90 Å². The van der Waals surface area contributed by atoms with Crippen LogP contribution in [0.25, 0.3) is 0 Å². The Hall–Kier alpha value is -1.85. The first kappa shape index (κ1) is 15.5. The summed E-state index contributed by atoms with van der Waals surface area (Å²) in [7, 11) is -1.71. The monoisotopic (exact) mass is 304 g/mol. The highest BCUT2D eigenvalue weighted by atomic mass is 32.2. The molecule has 0 spiro atoms. The molecule has 0 aliphatic heterocycles. The quantitative estimate of drug-likeness (QED) is 0.863. The summed E-state index contributed by atoms with van der Waals surface area (Å²) in [5, 5.41) is 3.07. The smallest absolute Gasteiger partial charge is 0.261 e. The van der Waals surface area contributed by atoms with Gasteiger partial charge < -0.3 is 5.32 Å². The molecule has 21 heavy (non-hydrogen) atoms. The van der Waals surface area contributed by atoms with E-state index >= 15 is 0 Å². The van der Waals surface area contributed by atoms with Crippen LogP contribution in [0.15, 0.2) is 53.4 Å². The first-order valence-corrected chi connectivity index (χ1v) is 8.39. The summed E-state index contributed by atoms with van der Waals surface area (Å²) in [5.74, 6) is 0. The van der Waals surface area contributed by atoms with Gasteiger partial charge in [-0.15, -0.1) is 0 Å². The molecule has 5 heteroatoms. The van der Waals surface area contributed by atoms with Gasteiger partial charge in [-0.3, -0.25) is 4.72 Å². The maximum Gasteiger partial charge on any atom is 0.261 e. The molecule has 0 aliphatic rings. The second kappa shape index (κ2) is 6.74. The molecule has 2 aromatic rings. The van der Waals surface area contributed by atoms with Crippen LogP contribution < -0.4 is 10.0 Å². The number of anilines is 1. The van der Waals surface area contributed by atoms with Gasteiger partial charge in [-0.1, -0.05) is 31.2 Å². The summed E-state index contributed by atoms with van der Waals surface area (Å²) in [4.78, 5) is 0.286. The van der Waals surface area contributed by atoms with E-state index in [0.717, 1.165) is 17.5 Å². The van der Waals surface area contributed by atoms with E-state index < -0.39 is 10.0 Å². The summed E-state index contributed by atoms with van der Waals surface area (Å²) in [6.45, 7) is 2.71. The van der Waals surface area contributed by atoms with Gasteiger partial charge in [-0.25, -0.2) is 8.42 Å². The lowest BCUT2D eigenvalue weighted by Gasteiger charge is -2.12. The van der Waals surface area contributed by atoms with Crippen LogP contribution in [0.2, 0.25) is 0 Å². The summed E-state index contributed by atoms with van der Waals surface area (Å²) in [5.41, 5.74) is 2.73. The number of nitrogens with one attached hydrogen (secondary N) is 2. The van der Waals surface area contributed by atoms with Crippen molar-refractivity contribution >= 4 is 15.7 Å². The van der Waals surface area contributed by atoms with E-state index in [2.05, 4.69) is 17.0 Å². The molecule has 112 valence electrons. The van der Waals surface area contributed by atoms with Gasteiger partial charge in [0, 0.05) is 12.2 Å². The normalized spacial score (nSPS) is 11.3. The number of para-hydroxylation sites is 1. The standard InChI is InChI=1S/C16H20N2O2S/c1-3-13-9-10-16(11-14(13)12-17-2)21(19,20)18-15-7-5-4-6-8-15/h4-11,17-18H,3,12H2,1-2H3. The van der Waals surface area contributed by atoms with Crippen LogP contribution in [0.1, 0.15) is 18.1 Å². The molecule has 0 heterocycles. The Morgan fingerprint density at radius 2 is 1.71 bits per heavy atom. The Morgan fingerprint density at radius 3 is 2.33 bits per heavy atom. The van der Waals surface area contributed by atoms with Gasteiger partial charge in [-0.05, 0) is 48.9 Å². The topological polar surface area (TPSA) is 58.2 Å². The van der Waals surface area contributed by atoms with Gasteiger partial charge >= 0.3 is 0 Å². The van der Waals surface area contributed by atoms with Crippen molar-refractivity contribution in [3.63, 3.8) is 0 Å². The molecule has 0 radical (unpaired) electrons. The van der Waals surface area contributed by atoms with E-state index in [9.17, 15) is 8.42 Å². The molecule has 4 nitrogen and oxygen atoms in total. The van der Waals surface area contributed by atoms with Crippen LogP contribution in [0.4, 0.5) is 5.69 Å². The first-order chi connectivity index (χ1) is 10.1. The number of rotatable bonds is 6. The van der Waals surface area contributed by atoms with Crippen LogP contribution in [0, 0.1) is 0 Å². The Kier molecular flexibility index (Phi) is 4.98. The van der Waals surface area contributed by atoms with Gasteiger partial charge in [0.25, 0.3) is 10.0 Å². The second-order valence-electron chi connectivity index (χ2n) is 4.79. The summed E-state index contributed by atoms with van der Waals surface area (Å²) in [6, 6.07) is 14.2. The highest BCUT2D eigenvalue weighted by molar-refractivity contribution is 7.92. The van der Waals surface area contributed by atoms with Crippen molar-refractivity contribution in [2.45, 2.75) is 24.8 Å². The molecule has 0 amide bonds. The molecule has 0 atom stereocenters. The summed E-state index contributed by atoms with van der Waals surface area (Å²) < 4.78 is 27.4. The molecule has 2 aromatic carbocycles. The number of aryl methyl sites for hydroxylation is 1. The van der Waals surface area contributed by atoms with Crippen LogP contribution in [-0.4, -0.2) is 15.5 Å². The minimum atomic E-state index is -3.56. The maximum absolute atomic E-state index is 12.4. The van der Waals surface area contributed by atoms with Crippen molar-refractivity contribution < 1.29 is 8.42 Å². The Bertz CT molecular complexity index is 697. The average Bonchev–Trinajstić information content (AvgIpc) is 2.48. The first-order valence-electron chi connectivity index (χ1n) is 6.91. The van der Waals surface area contributed by atoms with Crippen molar-refractivity contribution in [2.75, 3.05) is 11.8 Å². The number of sulfonamides is 1. The molecule has 0 fully saturated rings. The van der Waals surface area contributed by atoms with E-state index in [0.29, 0.717) is 12.2 Å². The van der Waals surface area contributed by atoms with Gasteiger partial charge in [0.2, 0.25) is 0 Å². The zero-order chi connectivity index (χ0) is 15.3. The Morgan fingerprint density at radius 1 is 1.00 bits per heavy atom. The van der Waals surface area contributed by atoms with Gasteiger partial charge in [-0.2, -0.15) is 0 Å². The fraction of sp³-hybridized carbons (Fsp3) is 0.250. The van der Waals surface area contributed by atoms with E-state index in [1.807, 2.05) is 19.2 Å². The summed E-state index contributed by atoms with van der Waals surface area (Å²) >= 11 is 0. The maximum atomic E-state index is 12.4. The Balaban J connectivity index is 2.34. The molecule has 0 unspecified atom stereocenters. The lowest BCUT2D eigenvalue weighted by molar-refractivity contribution is 0.601. The lowest BCUT2D eigenvalue weighted by atomic mass is 10.1. The van der Waals surface area contributed by atoms with Crippen molar-refractivity contribution in [3.8, 4) is 0 Å². The molecule has 0 saturated heterocycles. The van der Waals surface area contributed by atoms with E-state index in [-0.39, 0.29) is 4.90 Å². The third-order valence-corrected chi connectivity index (χ3v) is 4.64. The molecule has 0 saturated carbocycles. The highest BCUT2D eigenvalue weighted by Gasteiger charge is 2.15. The second-order valence-corrected chi connectivity index (χ2v) is 6.47. The van der Waals surface area contributed by atoms with Crippen molar-refractivity contribution in [1.82, 2.24) is 5.32 Å². The highest BCUT2D eigenvalue weighted by Crippen LogP contribution is 2.20. The van der Waals surface area contributed by atoms with E-state index in [1.54, 1.807) is 36.4 Å². The number of hydrogen-bond donors (Lipinski definition) is 2. The summed E-state index contributed by atoms with van der Waals surface area (Å²) in [6.07, 6.45) is 0.878. The van der Waals surface area contributed by atoms with Gasteiger partial charge in [0.1, 0.15) is 0 Å². The fourth-order valence-corrected chi connectivity index (χ4v) is 3.30. The van der Waals surface area contributed by atoms with Crippen molar-refractivity contribution in [2.24, 2.45) is 0 Å². The number of benzene rings is 2. The van der Waals surface area contributed by atoms with Crippen LogP contribution >= 0.6 is 0 Å². The SMILES string of the molecule is CCc1ccc(S(=O)(=O)Nc2ccccc2)cc1CNC. The predicted octanol–water partition coefficient (Wildman–Crippen LogP) is 2.77. The zero-order valence-corrected chi connectivity index (χ0v) is 13.1.